The first-order valence-electron chi connectivity index (χ1n) is 22.1. The number of Topliss-reactive ketones (excluding diaryl/α,β-unsaturated/α-hetero) is 1. The highest BCUT2D eigenvalue weighted by Crippen LogP contribution is 2.77. The maximum atomic E-state index is 14.6. The van der Waals surface area contributed by atoms with Crippen LogP contribution in [0.2, 0.25) is 5.02 Å². The number of carboxylic acid groups (broad SMARTS) is 1. The molecule has 5 aliphatic carbocycles. The Bertz CT molecular complexity index is 2110. The number of carboxylic acids is 1. The molecule has 2 N–H and O–H groups in total. The van der Waals surface area contributed by atoms with Crippen molar-refractivity contribution in [3.8, 4) is 11.4 Å². The first-order valence-corrected chi connectivity index (χ1v) is 22.4. The van der Waals surface area contributed by atoms with Crippen LogP contribution in [0.25, 0.3) is 5.69 Å². The lowest BCUT2D eigenvalue weighted by Gasteiger charge is -2.72. The van der Waals surface area contributed by atoms with Gasteiger partial charge in [-0.1, -0.05) is 60.1 Å². The number of carbonyl (C=O) groups is 3. The average molecular weight is 835 g/mol. The Morgan fingerprint density at radius 2 is 1.63 bits per heavy atom. The van der Waals surface area contributed by atoms with Gasteiger partial charge in [-0.2, -0.15) is 0 Å². The number of hydrogen-bond donors (Lipinski definition) is 2. The molecule has 324 valence electrons. The highest BCUT2D eigenvalue weighted by atomic mass is 35.5. The summed E-state index contributed by atoms with van der Waals surface area (Å²) in [5.74, 6) is 0.377. The van der Waals surface area contributed by atoms with E-state index in [0.29, 0.717) is 42.8 Å². The van der Waals surface area contributed by atoms with E-state index < -0.39 is 22.8 Å². The average Bonchev–Trinajstić information content (AvgIpc) is 3.61. The SMILES string of the molecule is CNCCn1c([C@@]23CC[C@]4(C)[C@H](CC[C@@H]5[C@@]6(C)CC[C@H](OC(=O)CC(C)(C)C(=O)O)C(C)(C)[C@@H]6CC[C@]54C)C2=C(C(C)C)C(=O)C3)c(Cl)c(=O)n1-c1ccc(OC)cc1. The third kappa shape index (κ3) is 6.41. The normalized spacial score (nSPS) is 33.9. The molecule has 10 nitrogen and oxygen atoms in total. The summed E-state index contributed by atoms with van der Waals surface area (Å²) in [4.78, 5) is 54.1. The number of fused-ring (bicyclic) bond motifs is 7. The minimum atomic E-state index is -1.19. The smallest absolute Gasteiger partial charge is 0.309 e. The number of aliphatic carboxylic acids is 1. The molecule has 1 aromatic carbocycles. The van der Waals surface area contributed by atoms with E-state index in [-0.39, 0.29) is 62.4 Å². The van der Waals surface area contributed by atoms with Gasteiger partial charge in [-0.05, 0) is 148 Å². The number of ketones is 1. The quantitative estimate of drug-likeness (QED) is 0.215. The van der Waals surface area contributed by atoms with Gasteiger partial charge in [0.25, 0.3) is 5.56 Å². The Kier molecular flexibility index (Phi) is 11.1. The minimum Gasteiger partial charge on any atom is -0.497 e. The number of aromatic nitrogens is 2. The third-order valence-electron chi connectivity index (χ3n) is 17.2. The lowest BCUT2D eigenvalue weighted by atomic mass is 9.33. The van der Waals surface area contributed by atoms with Crippen molar-refractivity contribution in [1.29, 1.82) is 0 Å². The van der Waals surface area contributed by atoms with Gasteiger partial charge >= 0.3 is 11.9 Å². The number of esters is 1. The number of carbonyl (C=O) groups excluding carboxylic acids is 2. The van der Waals surface area contributed by atoms with Crippen LogP contribution in [-0.4, -0.2) is 59.0 Å². The van der Waals surface area contributed by atoms with Crippen LogP contribution < -0.4 is 15.6 Å². The Balaban J connectivity index is 1.28. The van der Waals surface area contributed by atoms with Crippen molar-refractivity contribution in [2.24, 2.45) is 50.7 Å². The van der Waals surface area contributed by atoms with E-state index in [0.717, 1.165) is 62.6 Å². The maximum absolute atomic E-state index is 14.6. The van der Waals surface area contributed by atoms with Crippen LogP contribution in [0.5, 0.6) is 5.75 Å². The summed E-state index contributed by atoms with van der Waals surface area (Å²) in [5.41, 5.74) is 1.11. The van der Waals surface area contributed by atoms with Gasteiger partial charge in [0.05, 0.1) is 36.9 Å². The molecule has 59 heavy (non-hydrogen) atoms. The van der Waals surface area contributed by atoms with E-state index in [9.17, 15) is 24.3 Å². The minimum absolute atomic E-state index is 0.00946. The fourth-order valence-corrected chi connectivity index (χ4v) is 14.5. The van der Waals surface area contributed by atoms with Gasteiger partial charge in [0, 0.05) is 23.8 Å². The maximum Gasteiger partial charge on any atom is 0.309 e. The Morgan fingerprint density at radius 1 is 0.949 bits per heavy atom. The van der Waals surface area contributed by atoms with E-state index in [1.165, 1.54) is 5.57 Å². The third-order valence-corrected chi connectivity index (χ3v) is 17.6. The molecule has 1 heterocycles. The summed E-state index contributed by atoms with van der Waals surface area (Å²) in [6.45, 7) is 20.7. The fraction of sp³-hybridized carbons (Fsp3) is 0.708. The second kappa shape index (κ2) is 14.9. The molecule has 5 aliphatic rings. The largest absolute Gasteiger partial charge is 0.497 e. The van der Waals surface area contributed by atoms with E-state index in [1.54, 1.807) is 25.6 Å². The van der Waals surface area contributed by atoms with Crippen LogP contribution in [0.15, 0.2) is 40.2 Å². The van der Waals surface area contributed by atoms with Crippen LogP contribution in [0.4, 0.5) is 0 Å². The van der Waals surface area contributed by atoms with Crippen LogP contribution in [0.3, 0.4) is 0 Å². The number of methoxy groups -OCH3 is 1. The van der Waals surface area contributed by atoms with Crippen LogP contribution in [0.1, 0.15) is 132 Å². The van der Waals surface area contributed by atoms with Crippen molar-refractivity contribution in [3.05, 3.63) is 56.5 Å². The fourth-order valence-electron chi connectivity index (χ4n) is 14.1. The molecule has 7 rings (SSSR count). The Morgan fingerprint density at radius 3 is 2.24 bits per heavy atom. The zero-order valence-corrected chi connectivity index (χ0v) is 38.1. The zero-order chi connectivity index (χ0) is 43.2. The summed E-state index contributed by atoms with van der Waals surface area (Å²) in [5, 5.41) is 13.2. The molecule has 0 saturated heterocycles. The first kappa shape index (κ1) is 43.7. The lowest BCUT2D eigenvalue weighted by Crippen LogP contribution is -2.66. The highest BCUT2D eigenvalue weighted by molar-refractivity contribution is 6.31. The number of halogens is 1. The molecule has 0 unspecified atom stereocenters. The van der Waals surface area contributed by atoms with Crippen LogP contribution >= 0.6 is 11.6 Å². The molecule has 0 radical (unpaired) electrons. The molecule has 1 aromatic heterocycles. The van der Waals surface area contributed by atoms with Crippen LogP contribution in [-0.2, 0) is 31.1 Å². The monoisotopic (exact) mass is 833 g/mol. The van der Waals surface area contributed by atoms with Crippen molar-refractivity contribution >= 4 is 29.3 Å². The topological polar surface area (TPSA) is 129 Å². The summed E-state index contributed by atoms with van der Waals surface area (Å²) in [6, 6.07) is 7.49. The van der Waals surface area contributed by atoms with Crippen molar-refractivity contribution in [3.63, 3.8) is 0 Å². The molecule has 4 saturated carbocycles. The Labute approximate surface area is 355 Å². The van der Waals surface area contributed by atoms with Crippen molar-refractivity contribution in [2.45, 2.75) is 145 Å². The van der Waals surface area contributed by atoms with Gasteiger partial charge in [0.2, 0.25) is 0 Å². The van der Waals surface area contributed by atoms with Gasteiger partial charge in [-0.15, -0.1) is 0 Å². The van der Waals surface area contributed by atoms with E-state index in [2.05, 4.69) is 58.5 Å². The zero-order valence-electron chi connectivity index (χ0n) is 37.4. The number of ether oxygens (including phenoxy) is 2. The summed E-state index contributed by atoms with van der Waals surface area (Å²) in [6.07, 6.45) is 7.28. The number of benzene rings is 1. The van der Waals surface area contributed by atoms with Crippen molar-refractivity contribution < 1.29 is 29.0 Å². The van der Waals surface area contributed by atoms with Gasteiger partial charge in [0.1, 0.15) is 16.9 Å². The van der Waals surface area contributed by atoms with Gasteiger partial charge < -0.3 is 19.9 Å². The first-order chi connectivity index (χ1) is 27.6. The molecule has 2 aromatic rings. The number of nitrogens with one attached hydrogen (secondary N) is 1. The molecular formula is C48H68ClN3O7. The standard InChI is InChI=1S/C48H68ClN3O7/c1-28(2)37-32(53)26-48(40-39(49)41(55)52(51(40)25-24-50-10)29-12-14-30(58-11)15-13-29)23-22-46(8)31(38(37)48)16-17-34-45(7)20-19-35(59-36(54)27-43(3,4)42(56)57)44(5,6)33(45)18-21-47(34,46)9/h12-15,28,31,33-35,50H,16-27H2,1-11H3,(H,56,57)/t31-,33+,34-,35+,45+,46-,47-,48-/m1/s1. The Hall–Kier alpha value is -3.37. The number of rotatable bonds is 11. The molecule has 0 amide bonds. The number of hydrogen-bond acceptors (Lipinski definition) is 7. The molecule has 0 aliphatic heterocycles. The summed E-state index contributed by atoms with van der Waals surface area (Å²) in [7, 11) is 3.53. The van der Waals surface area contributed by atoms with Gasteiger partial charge in [-0.25, -0.2) is 4.68 Å². The summed E-state index contributed by atoms with van der Waals surface area (Å²) < 4.78 is 15.4. The second-order valence-electron chi connectivity index (χ2n) is 21.2. The van der Waals surface area contributed by atoms with Crippen molar-refractivity contribution in [2.75, 3.05) is 20.7 Å². The summed E-state index contributed by atoms with van der Waals surface area (Å²) >= 11 is 7.34. The predicted octanol–water partition coefficient (Wildman–Crippen LogP) is 9.17. The van der Waals surface area contributed by atoms with Gasteiger partial charge in [-0.3, -0.25) is 23.9 Å². The van der Waals surface area contributed by atoms with E-state index in [4.69, 9.17) is 21.1 Å². The van der Waals surface area contributed by atoms with Crippen molar-refractivity contribution in [1.82, 2.24) is 14.7 Å². The number of likely N-dealkylation sites (N-methyl/N-ethyl adjacent to an activating group) is 1. The van der Waals surface area contributed by atoms with Crippen LogP contribution in [0, 0.1) is 50.7 Å². The van der Waals surface area contributed by atoms with Gasteiger partial charge in [0.15, 0.2) is 5.78 Å². The molecule has 11 heteroatoms. The highest BCUT2D eigenvalue weighted by Gasteiger charge is 2.71. The molecule has 8 atom stereocenters. The lowest BCUT2D eigenvalue weighted by molar-refractivity contribution is -0.232. The number of allylic oxidation sites excluding steroid dienone is 2. The molecule has 0 bridgehead atoms. The van der Waals surface area contributed by atoms with E-state index in [1.807, 2.05) is 31.3 Å². The predicted molar refractivity (Wildman–Crippen MR) is 230 cm³/mol. The second-order valence-corrected chi connectivity index (χ2v) is 21.6. The molecular weight excluding hydrogens is 766 g/mol. The van der Waals surface area contributed by atoms with E-state index >= 15 is 0 Å². The molecule has 4 fully saturated rings. The number of nitrogens with zero attached hydrogens (tertiary/aromatic N) is 2. The molecule has 0 spiro atoms.